The van der Waals surface area contributed by atoms with Crippen LogP contribution in [0.1, 0.15) is 73.7 Å². The normalized spacial score (nSPS) is 9.52. The lowest BCUT2D eigenvalue weighted by molar-refractivity contribution is -0.137. The van der Waals surface area contributed by atoms with E-state index < -0.39 is 0 Å². The highest BCUT2D eigenvalue weighted by Crippen LogP contribution is 2.30. The Morgan fingerprint density at radius 1 is 0.732 bits per heavy atom. The average Bonchev–Trinajstić information content (AvgIpc) is 3.42. The lowest BCUT2D eigenvalue weighted by Gasteiger charge is -2.19. The fourth-order valence-electron chi connectivity index (χ4n) is 5.66. The molecule has 15 nitrogen and oxygen atoms in total. The molecule has 0 aromatic heterocycles. The summed E-state index contributed by atoms with van der Waals surface area (Å²) in [6.45, 7) is 18.7. The number of carbonyl (C=O) groups is 5. The quantitative estimate of drug-likeness (QED) is 0.00575. The van der Waals surface area contributed by atoms with Crippen LogP contribution in [0.4, 0.5) is 5.69 Å². The number of hydrogen-bond donors (Lipinski definition) is 2. The number of hydrogen-bond acceptors (Lipinski definition) is 15. The van der Waals surface area contributed by atoms with E-state index in [2.05, 4.69) is 55.7 Å². The van der Waals surface area contributed by atoms with E-state index in [1.807, 2.05) is 66.6 Å². The van der Waals surface area contributed by atoms with Crippen molar-refractivity contribution in [2.45, 2.75) is 62.7 Å². The van der Waals surface area contributed by atoms with Crippen molar-refractivity contribution in [3.8, 4) is 28.4 Å². The minimum Gasteiger partial charge on any atom is -0.496 e. The summed E-state index contributed by atoms with van der Waals surface area (Å²) in [6.07, 6.45) is 17.2. The Bertz CT molecular complexity index is 2060. The molecule has 0 atom stereocenters. The number of hydrazone groups is 1. The number of unbranched alkanes of at least 4 members (excludes halogenated alkanes) is 7. The van der Waals surface area contributed by atoms with E-state index in [4.69, 9.17) is 53.4 Å². The van der Waals surface area contributed by atoms with Gasteiger partial charge in [-0.25, -0.2) is 4.79 Å². The first kappa shape index (κ1) is 65.9. The van der Waals surface area contributed by atoms with E-state index in [0.29, 0.717) is 44.1 Å². The lowest BCUT2D eigenvalue weighted by Crippen LogP contribution is -2.22. The largest absolute Gasteiger partial charge is 0.496 e. The molecule has 16 heteroatoms. The molecule has 0 aliphatic carbocycles. The van der Waals surface area contributed by atoms with Gasteiger partial charge in [0.15, 0.2) is 0 Å². The number of allylic oxidation sites excluding steroid dienone is 2. The molecule has 0 heterocycles. The van der Waals surface area contributed by atoms with E-state index in [-0.39, 0.29) is 12.4 Å². The first-order valence-corrected chi connectivity index (χ1v) is 23.6. The van der Waals surface area contributed by atoms with Gasteiger partial charge in [-0.05, 0) is 130 Å². The van der Waals surface area contributed by atoms with Crippen LogP contribution < -0.4 is 14.2 Å². The van der Waals surface area contributed by atoms with Crippen LogP contribution >= 0.6 is 11.8 Å². The molecule has 4 aromatic rings. The molecule has 0 unspecified atom stereocenters. The first-order chi connectivity index (χ1) is 34.8. The third-order valence-electron chi connectivity index (χ3n) is 9.14. The Morgan fingerprint density at radius 3 is 1.80 bits per heavy atom. The predicted molar refractivity (Wildman–Crippen MR) is 287 cm³/mol. The summed E-state index contributed by atoms with van der Waals surface area (Å²) in [4.78, 5) is 51.9. The lowest BCUT2D eigenvalue weighted by atomic mass is 10.0. The number of aliphatic hydroxyl groups is 1. The Balaban J connectivity index is 0. The maximum absolute atomic E-state index is 10.8. The number of methoxy groups -OCH3 is 2. The standard InChI is InChI=1S/C33H41N3O3S.C16H20O4.C3H4O.CH2O2.CH4O.CH2O/c1-5-6-7-8-9-12-22-39-30-18-15-27(16-19-30)28-17-20-32(38-4)29(24-28)25-35-36(21-23-37-3)26-40-33-14-11-10-13-31(33)34-2;1-2-16(18)20-12-6-4-3-5-11-19-15-9-7-14(13-17)8-10-15;1-2-3-4;2-1-3;2*1-2/h5,10-11,13-20,24-25H,1-2,6-9,12,21-23,26H2,3-4H3;2,7-10,13H,1,3-6,11-12H2;2-3H,1H2;1H,(H,2,3);2H,1H3;1H2/b35-25+;;;;;. The molecule has 0 fully saturated rings. The number of aldehydes is 2. The van der Waals surface area contributed by atoms with Crippen LogP contribution in [-0.4, -0.2) is 120 Å². The molecule has 4 aromatic carbocycles. The van der Waals surface area contributed by atoms with E-state index in [0.717, 1.165) is 103 Å². The molecule has 4 rings (SSSR count). The van der Waals surface area contributed by atoms with Gasteiger partial charge in [0.25, 0.3) is 6.47 Å². The van der Waals surface area contributed by atoms with E-state index in [1.165, 1.54) is 31.4 Å². The number of thioether (sulfide) groups is 1. The number of esters is 1. The molecular formula is C55H73N3O12S. The highest BCUT2D eigenvalue weighted by molar-refractivity contribution is 7.99. The third kappa shape index (κ3) is 33.1. The fraction of sp³-hybridized carbons (Fsp3) is 0.327. The molecule has 0 bridgehead atoms. The topological polar surface area (TPSA) is 200 Å². The van der Waals surface area contributed by atoms with Crippen molar-refractivity contribution in [3.05, 3.63) is 140 Å². The zero-order valence-electron chi connectivity index (χ0n) is 41.6. The first-order valence-electron chi connectivity index (χ1n) is 22.6. The number of carboxylic acid groups (broad SMARTS) is 1. The number of nitrogens with zero attached hydrogens (tertiary/aromatic N) is 3. The Labute approximate surface area is 424 Å². The third-order valence-corrected chi connectivity index (χ3v) is 10.2. The van der Waals surface area contributed by atoms with Crippen LogP contribution in [0.2, 0.25) is 0 Å². The molecule has 386 valence electrons. The second kappa shape index (κ2) is 47.9. The molecule has 0 saturated heterocycles. The van der Waals surface area contributed by atoms with E-state index >= 15 is 0 Å². The Hall–Kier alpha value is -7.14. The van der Waals surface area contributed by atoms with Crippen LogP contribution in [0, 0.1) is 0 Å². The van der Waals surface area contributed by atoms with Gasteiger partial charge in [0.2, 0.25) is 0 Å². The van der Waals surface area contributed by atoms with Gasteiger partial charge in [-0.15, -0.1) is 18.3 Å². The van der Waals surface area contributed by atoms with Crippen LogP contribution in [0.15, 0.2) is 144 Å². The molecule has 71 heavy (non-hydrogen) atoms. The van der Waals surface area contributed by atoms with Gasteiger partial charge in [0.05, 0.1) is 57.9 Å². The minimum absolute atomic E-state index is 0.250. The summed E-state index contributed by atoms with van der Waals surface area (Å²) < 4.78 is 27.3. The van der Waals surface area contributed by atoms with Crippen LogP contribution in [0.5, 0.6) is 17.2 Å². The summed E-state index contributed by atoms with van der Waals surface area (Å²) in [5, 5.41) is 20.6. The molecule has 0 aliphatic heterocycles. The summed E-state index contributed by atoms with van der Waals surface area (Å²) in [6, 6.07) is 29.4. The SMILES string of the molecule is C=CC(=O)OCCCCCCOc1ccc(C=O)cc1.C=CC=O.C=CCCCCCCOc1ccc(-c2ccc(OC)c(/C=N/N(CCOC)CSc3ccccc3N=C)c2)cc1.C=O.CO.O=CO. The monoisotopic (exact) mass is 999 g/mol. The number of aliphatic imine (C=N–C) groups is 1. The van der Waals surface area contributed by atoms with Gasteiger partial charge in [0, 0.05) is 36.3 Å². The van der Waals surface area contributed by atoms with Gasteiger partial charge in [-0.2, -0.15) is 5.10 Å². The zero-order valence-corrected chi connectivity index (χ0v) is 42.4. The Morgan fingerprint density at radius 2 is 1.28 bits per heavy atom. The van der Waals surface area contributed by atoms with Gasteiger partial charge in [0.1, 0.15) is 36.6 Å². The number of ether oxygens (including phenoxy) is 5. The van der Waals surface area contributed by atoms with Gasteiger partial charge >= 0.3 is 5.97 Å². The molecule has 2 N–H and O–H groups in total. The van der Waals surface area contributed by atoms with Gasteiger partial charge in [-0.3, -0.25) is 24.4 Å². The molecule has 0 saturated carbocycles. The van der Waals surface area contributed by atoms with Crippen molar-refractivity contribution in [2.24, 2.45) is 10.1 Å². The number of aliphatic hydroxyl groups excluding tert-OH is 1. The zero-order chi connectivity index (χ0) is 53.2. The summed E-state index contributed by atoms with van der Waals surface area (Å²) in [5.74, 6) is 2.71. The van der Waals surface area contributed by atoms with Gasteiger partial charge in [-0.1, -0.05) is 62.4 Å². The van der Waals surface area contributed by atoms with Crippen molar-refractivity contribution in [3.63, 3.8) is 0 Å². The second-order valence-corrected chi connectivity index (χ2v) is 15.0. The molecule has 0 radical (unpaired) electrons. The number of benzene rings is 4. The molecule has 0 amide bonds. The molecule has 0 spiro atoms. The van der Waals surface area contributed by atoms with Crippen molar-refractivity contribution in [1.29, 1.82) is 0 Å². The Kier molecular flexibility index (Phi) is 44.5. The number of para-hydroxylation sites is 1. The summed E-state index contributed by atoms with van der Waals surface area (Å²) in [7, 11) is 4.37. The predicted octanol–water partition coefficient (Wildman–Crippen LogP) is 10.9. The summed E-state index contributed by atoms with van der Waals surface area (Å²) in [5.41, 5.74) is 4.60. The highest BCUT2D eigenvalue weighted by Gasteiger charge is 2.09. The highest BCUT2D eigenvalue weighted by atomic mass is 32.2. The van der Waals surface area contributed by atoms with Crippen molar-refractivity contribution in [2.75, 3.05) is 60.2 Å². The van der Waals surface area contributed by atoms with Crippen LogP contribution in [0.25, 0.3) is 11.1 Å². The maximum atomic E-state index is 10.8. The fourth-order valence-corrected chi connectivity index (χ4v) is 6.60. The van der Waals surface area contributed by atoms with E-state index in [1.54, 1.807) is 50.2 Å². The smallest absolute Gasteiger partial charge is 0.330 e. The number of carbonyl (C=O) groups excluding carboxylic acids is 4. The van der Waals surface area contributed by atoms with Crippen molar-refractivity contribution < 1.29 is 57.9 Å². The minimum atomic E-state index is -0.368. The van der Waals surface area contributed by atoms with Crippen LogP contribution in [-0.2, 0) is 28.7 Å². The van der Waals surface area contributed by atoms with E-state index in [9.17, 15) is 9.59 Å². The number of rotatable bonds is 30. The molecule has 0 aliphatic rings. The summed E-state index contributed by atoms with van der Waals surface area (Å²) >= 11 is 1.66. The molecular weight excluding hydrogens is 927 g/mol. The van der Waals surface area contributed by atoms with Gasteiger partial charge < -0.3 is 38.7 Å². The second-order valence-electron chi connectivity index (χ2n) is 14.0. The maximum Gasteiger partial charge on any atom is 0.330 e. The average molecular weight is 1000 g/mol. The van der Waals surface area contributed by atoms with Crippen molar-refractivity contribution in [1.82, 2.24) is 5.01 Å². The van der Waals surface area contributed by atoms with Crippen LogP contribution in [0.3, 0.4) is 0 Å². The van der Waals surface area contributed by atoms with Crippen molar-refractivity contribution >= 4 is 62.2 Å².